The molecule has 7 N–H and O–H groups in total. The molecule has 0 aliphatic carbocycles. The van der Waals surface area contributed by atoms with Gasteiger partial charge in [0.25, 0.3) is 11.1 Å². The van der Waals surface area contributed by atoms with Crippen LogP contribution in [-0.2, 0) is 13.0 Å². The lowest BCUT2D eigenvalue weighted by Gasteiger charge is -2.01. The van der Waals surface area contributed by atoms with Crippen molar-refractivity contribution in [3.63, 3.8) is 0 Å². The number of aromatic amines is 3. The van der Waals surface area contributed by atoms with E-state index in [4.69, 9.17) is 11.5 Å². The molecule has 0 aromatic carbocycles. The molecule has 2 aromatic rings. The zero-order chi connectivity index (χ0) is 18.3. The molecule has 130 valence electrons. The monoisotopic (exact) mass is 336 g/mol. The van der Waals surface area contributed by atoms with Gasteiger partial charge in [0.2, 0.25) is 0 Å². The maximum Gasteiger partial charge on any atom is 0.328 e. The van der Waals surface area contributed by atoms with E-state index < -0.39 is 16.9 Å². The van der Waals surface area contributed by atoms with Crippen molar-refractivity contribution in [3.8, 4) is 0 Å². The molecule has 0 saturated heterocycles. The maximum absolute atomic E-state index is 11.0. The van der Waals surface area contributed by atoms with Crippen LogP contribution in [0.15, 0.2) is 44.2 Å². The summed E-state index contributed by atoms with van der Waals surface area (Å²) in [5.41, 5.74) is 9.41. The average Bonchev–Trinajstić information content (AvgIpc) is 2.48. The fourth-order valence-electron chi connectivity index (χ4n) is 1.74. The van der Waals surface area contributed by atoms with Gasteiger partial charge in [-0.15, -0.1) is 6.58 Å². The van der Waals surface area contributed by atoms with E-state index in [2.05, 4.69) is 21.5 Å². The molecule has 0 radical (unpaired) electrons. The lowest BCUT2D eigenvalue weighted by Crippen LogP contribution is -2.30. The molecule has 2 aromatic heterocycles. The second-order valence-electron chi connectivity index (χ2n) is 5.06. The number of anilines is 1. The quantitative estimate of drug-likeness (QED) is 0.414. The minimum Gasteiger partial charge on any atom is -0.393 e. The Morgan fingerprint density at radius 1 is 1.25 bits per heavy atom. The highest BCUT2D eigenvalue weighted by Crippen LogP contribution is 1.89. The van der Waals surface area contributed by atoms with E-state index in [-0.39, 0.29) is 17.3 Å². The summed E-state index contributed by atoms with van der Waals surface area (Å²) >= 11 is 0. The molecule has 2 heterocycles. The highest BCUT2D eigenvalue weighted by Gasteiger charge is 2.02. The molecule has 0 aliphatic rings. The number of aromatic nitrogens is 4. The Bertz CT molecular complexity index is 918. The molecule has 2 rings (SSSR count). The van der Waals surface area contributed by atoms with Gasteiger partial charge in [0, 0.05) is 30.5 Å². The van der Waals surface area contributed by atoms with Gasteiger partial charge in [0.05, 0.1) is 0 Å². The SMILES string of the molecule is C=CCn1cc(N)c(=O)[nH]c1=O.CC(N)Cc1c[nH]c(=O)[nH]c1=O. The van der Waals surface area contributed by atoms with Gasteiger partial charge < -0.3 is 16.5 Å². The summed E-state index contributed by atoms with van der Waals surface area (Å²) in [6.07, 6.45) is 4.69. The molecule has 0 saturated carbocycles. The molecule has 0 spiro atoms. The van der Waals surface area contributed by atoms with Crippen LogP contribution in [0.1, 0.15) is 12.5 Å². The molecule has 0 amide bonds. The van der Waals surface area contributed by atoms with E-state index in [1.54, 1.807) is 13.0 Å². The fourth-order valence-corrected chi connectivity index (χ4v) is 1.74. The first-order chi connectivity index (χ1) is 11.2. The molecule has 24 heavy (non-hydrogen) atoms. The Hall–Kier alpha value is -3.14. The number of nitrogen functional groups attached to an aromatic ring is 1. The van der Waals surface area contributed by atoms with Crippen LogP contribution >= 0.6 is 0 Å². The van der Waals surface area contributed by atoms with Crippen molar-refractivity contribution in [2.45, 2.75) is 25.9 Å². The van der Waals surface area contributed by atoms with Crippen LogP contribution in [0, 0.1) is 0 Å². The largest absolute Gasteiger partial charge is 0.393 e. The number of nitrogens with two attached hydrogens (primary N) is 2. The molecule has 0 aliphatic heterocycles. The van der Waals surface area contributed by atoms with Gasteiger partial charge in [-0.2, -0.15) is 0 Å². The third-order valence-electron chi connectivity index (χ3n) is 2.80. The molecule has 10 nitrogen and oxygen atoms in total. The second kappa shape index (κ2) is 8.48. The summed E-state index contributed by atoms with van der Waals surface area (Å²) in [4.78, 5) is 50.0. The Morgan fingerprint density at radius 2 is 1.92 bits per heavy atom. The van der Waals surface area contributed by atoms with Gasteiger partial charge in [-0.05, 0) is 13.3 Å². The van der Waals surface area contributed by atoms with Crippen molar-refractivity contribution in [3.05, 3.63) is 72.3 Å². The van der Waals surface area contributed by atoms with Crippen LogP contribution in [0.25, 0.3) is 0 Å². The molecule has 1 unspecified atom stereocenters. The fraction of sp³-hybridized carbons (Fsp3) is 0.286. The number of nitrogens with one attached hydrogen (secondary N) is 3. The van der Waals surface area contributed by atoms with Crippen LogP contribution in [0.4, 0.5) is 5.69 Å². The number of hydrogen-bond donors (Lipinski definition) is 5. The van der Waals surface area contributed by atoms with Crippen molar-refractivity contribution in [2.75, 3.05) is 5.73 Å². The van der Waals surface area contributed by atoms with Gasteiger partial charge in [-0.25, -0.2) is 9.59 Å². The van der Waals surface area contributed by atoms with E-state index in [1.807, 2.05) is 0 Å². The zero-order valence-electron chi connectivity index (χ0n) is 13.2. The Balaban J connectivity index is 0.000000240. The molecule has 10 heteroatoms. The summed E-state index contributed by atoms with van der Waals surface area (Å²) in [5, 5.41) is 0. The summed E-state index contributed by atoms with van der Waals surface area (Å²) in [6.45, 7) is 5.59. The topological polar surface area (TPSA) is 173 Å². The van der Waals surface area contributed by atoms with E-state index >= 15 is 0 Å². The molecule has 0 bridgehead atoms. The predicted octanol–water partition coefficient (Wildman–Crippen LogP) is -1.74. The van der Waals surface area contributed by atoms with E-state index in [9.17, 15) is 19.2 Å². The number of allylic oxidation sites excluding steroid dienone is 1. The number of nitrogens with zero attached hydrogens (tertiary/aromatic N) is 1. The van der Waals surface area contributed by atoms with Crippen molar-refractivity contribution >= 4 is 5.69 Å². The molecular weight excluding hydrogens is 316 g/mol. The third kappa shape index (κ3) is 5.57. The van der Waals surface area contributed by atoms with E-state index in [1.165, 1.54) is 17.0 Å². The van der Waals surface area contributed by atoms with Gasteiger partial charge in [-0.1, -0.05) is 6.08 Å². The smallest absolute Gasteiger partial charge is 0.328 e. The van der Waals surface area contributed by atoms with Gasteiger partial charge >= 0.3 is 11.4 Å². The maximum atomic E-state index is 11.0. The number of hydrogen-bond acceptors (Lipinski definition) is 6. The van der Waals surface area contributed by atoms with Crippen molar-refractivity contribution in [2.24, 2.45) is 5.73 Å². The second-order valence-corrected chi connectivity index (χ2v) is 5.06. The van der Waals surface area contributed by atoms with Crippen LogP contribution in [0.2, 0.25) is 0 Å². The lowest BCUT2D eigenvalue weighted by molar-refractivity contribution is 0.724. The van der Waals surface area contributed by atoms with Crippen LogP contribution < -0.4 is 34.0 Å². The third-order valence-corrected chi connectivity index (χ3v) is 2.80. The summed E-state index contributed by atoms with van der Waals surface area (Å²) < 4.78 is 1.27. The average molecular weight is 336 g/mol. The first-order valence-corrected chi connectivity index (χ1v) is 7.01. The molecule has 1 atom stereocenters. The molecule has 0 fully saturated rings. The first kappa shape index (κ1) is 18.9. The van der Waals surface area contributed by atoms with E-state index in [0.717, 1.165) is 0 Å². The zero-order valence-corrected chi connectivity index (χ0v) is 13.2. The minimum absolute atomic E-state index is 0.0245. The van der Waals surface area contributed by atoms with Crippen molar-refractivity contribution in [1.82, 2.24) is 19.5 Å². The first-order valence-electron chi connectivity index (χ1n) is 7.01. The summed E-state index contributed by atoms with van der Waals surface area (Å²) in [5.74, 6) is 0. The highest BCUT2D eigenvalue weighted by molar-refractivity contribution is 5.30. The van der Waals surface area contributed by atoms with Gasteiger partial charge in [-0.3, -0.25) is 24.1 Å². The molecular formula is C14H20N6O4. The summed E-state index contributed by atoms with van der Waals surface area (Å²) in [7, 11) is 0. The summed E-state index contributed by atoms with van der Waals surface area (Å²) in [6, 6.07) is -0.0861. The Kier molecular flexibility index (Phi) is 6.68. The van der Waals surface area contributed by atoms with Crippen LogP contribution in [-0.4, -0.2) is 25.6 Å². The Morgan fingerprint density at radius 3 is 2.46 bits per heavy atom. The van der Waals surface area contributed by atoms with Gasteiger partial charge in [0.15, 0.2) is 0 Å². The van der Waals surface area contributed by atoms with Crippen LogP contribution in [0.3, 0.4) is 0 Å². The van der Waals surface area contributed by atoms with Crippen molar-refractivity contribution < 1.29 is 0 Å². The minimum atomic E-state index is -0.555. The Labute approximate surface area is 135 Å². The highest BCUT2D eigenvalue weighted by atomic mass is 16.2. The van der Waals surface area contributed by atoms with Gasteiger partial charge in [0.1, 0.15) is 5.69 Å². The standard InChI is InChI=1S/C7H11N3O2.C7H9N3O2/c1-4(8)2-5-3-9-7(12)10-6(5)11;1-2-3-10-4-5(8)6(11)9-7(10)12/h3-4H,2,8H2,1H3,(H2,9,10,11,12);2,4H,1,3,8H2,(H,9,11,12). The predicted molar refractivity (Wildman–Crippen MR) is 91.0 cm³/mol. The lowest BCUT2D eigenvalue weighted by atomic mass is 10.1. The number of H-pyrrole nitrogens is 3. The normalized spacial score (nSPS) is 11.2. The number of rotatable bonds is 4. The van der Waals surface area contributed by atoms with E-state index in [0.29, 0.717) is 18.5 Å². The van der Waals surface area contributed by atoms with Crippen LogP contribution in [0.5, 0.6) is 0 Å². The van der Waals surface area contributed by atoms with Crippen molar-refractivity contribution in [1.29, 1.82) is 0 Å².